The normalized spacial score (nSPS) is 11.0. The highest BCUT2D eigenvalue weighted by Crippen LogP contribution is 2.28. The van der Waals surface area contributed by atoms with Crippen LogP contribution in [0.15, 0.2) is 18.2 Å². The van der Waals surface area contributed by atoms with Crippen LogP contribution < -0.4 is 4.74 Å². The van der Waals surface area contributed by atoms with Crippen molar-refractivity contribution in [2.45, 2.75) is 39.2 Å². The van der Waals surface area contributed by atoms with Gasteiger partial charge in [-0.25, -0.2) is 0 Å². The summed E-state index contributed by atoms with van der Waals surface area (Å²) in [7, 11) is 0. The number of rotatable bonds is 6. The first-order valence-corrected chi connectivity index (χ1v) is 6.85. The van der Waals surface area contributed by atoms with Crippen molar-refractivity contribution in [3.05, 3.63) is 33.3 Å². The molecule has 0 fully saturated rings. The van der Waals surface area contributed by atoms with Crippen molar-refractivity contribution in [2.75, 3.05) is 6.61 Å². The lowest BCUT2D eigenvalue weighted by Crippen LogP contribution is -2.23. The summed E-state index contributed by atoms with van der Waals surface area (Å²) in [6.45, 7) is 5.66. The largest absolute Gasteiger partial charge is 0.493 e. The molecular formula is C14H18ClNO5. The Labute approximate surface area is 128 Å². The topological polar surface area (TPSA) is 78.7 Å². The minimum atomic E-state index is -0.574. The third-order valence-corrected chi connectivity index (χ3v) is 2.65. The van der Waals surface area contributed by atoms with Gasteiger partial charge < -0.3 is 9.47 Å². The zero-order valence-electron chi connectivity index (χ0n) is 12.2. The standard InChI is InChI=1S/C14H18ClNO5/c1-14(2,3)21-13(17)5-4-8-20-10-6-7-11(15)12(9-10)16(18)19/h6-7,9H,4-5,8H2,1-3H3. The zero-order valence-corrected chi connectivity index (χ0v) is 13.0. The van der Waals surface area contributed by atoms with E-state index in [-0.39, 0.29) is 29.7 Å². The predicted octanol–water partition coefficient (Wildman–Crippen LogP) is 3.75. The van der Waals surface area contributed by atoms with Gasteiger partial charge in [0.25, 0.3) is 5.69 Å². The second-order valence-corrected chi connectivity index (χ2v) is 5.82. The number of nitro groups is 1. The van der Waals surface area contributed by atoms with Gasteiger partial charge in [0.15, 0.2) is 0 Å². The smallest absolute Gasteiger partial charge is 0.306 e. The monoisotopic (exact) mass is 315 g/mol. The molecule has 21 heavy (non-hydrogen) atoms. The SMILES string of the molecule is CC(C)(C)OC(=O)CCCOc1ccc(Cl)c([N+](=O)[O-])c1. The fraction of sp³-hybridized carbons (Fsp3) is 0.500. The summed E-state index contributed by atoms with van der Waals surface area (Å²) < 4.78 is 10.5. The average molecular weight is 316 g/mol. The lowest BCUT2D eigenvalue weighted by Gasteiger charge is -2.19. The van der Waals surface area contributed by atoms with E-state index in [0.29, 0.717) is 12.2 Å². The molecule has 0 aliphatic carbocycles. The second-order valence-electron chi connectivity index (χ2n) is 5.41. The Morgan fingerprint density at radius 2 is 2.05 bits per heavy atom. The number of carbonyl (C=O) groups excluding carboxylic acids is 1. The van der Waals surface area contributed by atoms with Gasteiger partial charge in [-0.05, 0) is 39.3 Å². The molecule has 0 saturated carbocycles. The molecule has 0 amide bonds. The Bertz CT molecular complexity index is 525. The number of benzene rings is 1. The molecule has 0 atom stereocenters. The molecule has 116 valence electrons. The molecule has 0 radical (unpaired) electrons. The molecule has 1 aromatic rings. The number of hydrogen-bond acceptors (Lipinski definition) is 5. The predicted molar refractivity (Wildman–Crippen MR) is 78.7 cm³/mol. The van der Waals surface area contributed by atoms with E-state index in [9.17, 15) is 14.9 Å². The Hall–Kier alpha value is -1.82. The third-order valence-electron chi connectivity index (χ3n) is 2.33. The van der Waals surface area contributed by atoms with Crippen molar-refractivity contribution in [3.63, 3.8) is 0 Å². The van der Waals surface area contributed by atoms with E-state index in [1.165, 1.54) is 12.1 Å². The number of hydrogen-bond donors (Lipinski definition) is 0. The first-order chi connectivity index (χ1) is 9.69. The van der Waals surface area contributed by atoms with Gasteiger partial charge in [0.1, 0.15) is 16.4 Å². The van der Waals surface area contributed by atoms with Crippen LogP contribution in [0.2, 0.25) is 5.02 Å². The molecule has 0 bridgehead atoms. The molecule has 0 unspecified atom stereocenters. The summed E-state index contributed by atoms with van der Waals surface area (Å²) in [5, 5.41) is 10.8. The summed E-state index contributed by atoms with van der Waals surface area (Å²) >= 11 is 5.70. The highest BCUT2D eigenvalue weighted by Gasteiger charge is 2.16. The molecule has 0 aliphatic rings. The lowest BCUT2D eigenvalue weighted by atomic mass is 10.2. The summed E-state index contributed by atoms with van der Waals surface area (Å²) in [6, 6.07) is 4.21. The van der Waals surface area contributed by atoms with Gasteiger partial charge in [0.05, 0.1) is 17.6 Å². The molecule has 1 aromatic carbocycles. The molecule has 0 saturated heterocycles. The van der Waals surface area contributed by atoms with E-state index in [0.717, 1.165) is 0 Å². The van der Waals surface area contributed by atoms with Gasteiger partial charge in [-0.3, -0.25) is 14.9 Å². The van der Waals surface area contributed by atoms with Gasteiger partial charge in [-0.15, -0.1) is 0 Å². The quantitative estimate of drug-likeness (QED) is 0.346. The molecule has 0 heterocycles. The van der Waals surface area contributed by atoms with Crippen LogP contribution in [0.5, 0.6) is 5.75 Å². The van der Waals surface area contributed by atoms with E-state index in [2.05, 4.69) is 0 Å². The number of ether oxygens (including phenoxy) is 2. The van der Waals surface area contributed by atoms with Crippen LogP contribution in [0.3, 0.4) is 0 Å². The van der Waals surface area contributed by atoms with E-state index < -0.39 is 10.5 Å². The zero-order chi connectivity index (χ0) is 16.0. The first kappa shape index (κ1) is 17.2. The van der Waals surface area contributed by atoms with E-state index >= 15 is 0 Å². The Morgan fingerprint density at radius 1 is 1.38 bits per heavy atom. The maximum Gasteiger partial charge on any atom is 0.306 e. The molecule has 0 aromatic heterocycles. The molecule has 0 N–H and O–H groups in total. The maximum atomic E-state index is 11.5. The molecule has 0 spiro atoms. The van der Waals surface area contributed by atoms with Crippen LogP contribution >= 0.6 is 11.6 Å². The van der Waals surface area contributed by atoms with E-state index in [4.69, 9.17) is 21.1 Å². The molecular weight excluding hydrogens is 298 g/mol. The van der Waals surface area contributed by atoms with Crippen LogP contribution in [-0.2, 0) is 9.53 Å². The Morgan fingerprint density at radius 3 is 2.62 bits per heavy atom. The van der Waals surface area contributed by atoms with Crippen molar-refractivity contribution in [3.8, 4) is 5.75 Å². The van der Waals surface area contributed by atoms with Crippen molar-refractivity contribution >= 4 is 23.3 Å². The molecule has 1 rings (SSSR count). The van der Waals surface area contributed by atoms with Crippen molar-refractivity contribution < 1.29 is 19.2 Å². The lowest BCUT2D eigenvalue weighted by molar-refractivity contribution is -0.384. The minimum absolute atomic E-state index is 0.0566. The van der Waals surface area contributed by atoms with Gasteiger partial charge in [0, 0.05) is 6.42 Å². The third kappa shape index (κ3) is 6.44. The summed E-state index contributed by atoms with van der Waals surface area (Å²) in [5.41, 5.74) is -0.712. The van der Waals surface area contributed by atoms with Crippen LogP contribution in [0.25, 0.3) is 0 Å². The minimum Gasteiger partial charge on any atom is -0.493 e. The number of halogens is 1. The van der Waals surface area contributed by atoms with Crippen molar-refractivity contribution in [1.29, 1.82) is 0 Å². The highest BCUT2D eigenvalue weighted by molar-refractivity contribution is 6.32. The van der Waals surface area contributed by atoms with Gasteiger partial charge >= 0.3 is 5.97 Å². The second kappa shape index (κ2) is 7.26. The summed E-state index contributed by atoms with van der Waals surface area (Å²) in [5.74, 6) is 0.0449. The van der Waals surface area contributed by atoms with E-state index in [1.54, 1.807) is 26.8 Å². The van der Waals surface area contributed by atoms with Crippen LogP contribution in [0.4, 0.5) is 5.69 Å². The number of nitrogens with zero attached hydrogens (tertiary/aromatic N) is 1. The van der Waals surface area contributed by atoms with Gasteiger partial charge in [-0.1, -0.05) is 11.6 Å². The number of nitro benzene ring substituents is 1. The van der Waals surface area contributed by atoms with Gasteiger partial charge in [0.2, 0.25) is 0 Å². The van der Waals surface area contributed by atoms with Crippen molar-refractivity contribution in [1.82, 2.24) is 0 Å². The summed E-state index contributed by atoms with van der Waals surface area (Å²) in [4.78, 5) is 21.6. The summed E-state index contributed by atoms with van der Waals surface area (Å²) in [6.07, 6.45) is 0.693. The number of carbonyl (C=O) groups is 1. The van der Waals surface area contributed by atoms with Crippen molar-refractivity contribution in [2.24, 2.45) is 0 Å². The number of esters is 1. The molecule has 6 nitrogen and oxygen atoms in total. The maximum absolute atomic E-state index is 11.5. The fourth-order valence-corrected chi connectivity index (χ4v) is 1.71. The van der Waals surface area contributed by atoms with Crippen LogP contribution in [0, 0.1) is 10.1 Å². The van der Waals surface area contributed by atoms with Crippen LogP contribution in [0.1, 0.15) is 33.6 Å². The Kier molecular flexibility index (Phi) is 5.96. The van der Waals surface area contributed by atoms with Crippen LogP contribution in [-0.4, -0.2) is 23.1 Å². The van der Waals surface area contributed by atoms with E-state index in [1.807, 2.05) is 0 Å². The average Bonchev–Trinajstić information content (AvgIpc) is 2.34. The van der Waals surface area contributed by atoms with Gasteiger partial charge in [-0.2, -0.15) is 0 Å². The fourth-order valence-electron chi connectivity index (χ4n) is 1.52. The molecule has 0 aliphatic heterocycles. The Balaban J connectivity index is 2.41. The first-order valence-electron chi connectivity index (χ1n) is 6.47. The highest BCUT2D eigenvalue weighted by atomic mass is 35.5. The molecule has 7 heteroatoms.